The molecule has 1 saturated carbocycles. The zero-order valence-corrected chi connectivity index (χ0v) is 15.0. The maximum Gasteiger partial charge on any atom is 0.240 e. The molecule has 24 heavy (non-hydrogen) atoms. The van der Waals surface area contributed by atoms with Gasteiger partial charge in [0, 0.05) is 0 Å². The number of sulfonamides is 1. The molecule has 3 rings (SSSR count). The summed E-state index contributed by atoms with van der Waals surface area (Å²) >= 11 is 0. The lowest BCUT2D eigenvalue weighted by atomic mass is 9.84. The maximum absolute atomic E-state index is 12.4. The number of nitrogens with one attached hydrogen (secondary N) is 1. The second kappa shape index (κ2) is 6.74. The normalized spacial score (nSPS) is 28.0. The predicted molar refractivity (Wildman–Crippen MR) is 91.0 cm³/mol. The van der Waals surface area contributed by atoms with Gasteiger partial charge >= 0.3 is 0 Å². The molecule has 0 aromatic heterocycles. The zero-order valence-electron chi connectivity index (χ0n) is 13.4. The number of aliphatic hydroxyl groups excluding tert-OH is 1. The minimum absolute atomic E-state index is 0.0959. The number of hydrogen-bond acceptors (Lipinski definition) is 5. The molecule has 0 radical (unpaired) electrons. The van der Waals surface area contributed by atoms with Crippen LogP contribution in [0.2, 0.25) is 0 Å². The second-order valence-corrected chi connectivity index (χ2v) is 10.6. The summed E-state index contributed by atoms with van der Waals surface area (Å²) in [6.45, 7) is 0. The van der Waals surface area contributed by atoms with Crippen molar-refractivity contribution in [1.82, 2.24) is 4.72 Å². The van der Waals surface area contributed by atoms with Crippen molar-refractivity contribution in [2.75, 3.05) is 11.5 Å². The van der Waals surface area contributed by atoms with Gasteiger partial charge in [-0.1, -0.05) is 31.4 Å². The van der Waals surface area contributed by atoms with Crippen molar-refractivity contribution in [3.8, 4) is 0 Å². The molecule has 2 atom stereocenters. The molecule has 2 N–H and O–H groups in total. The van der Waals surface area contributed by atoms with E-state index in [1.165, 1.54) is 19.3 Å². The molecule has 1 heterocycles. The summed E-state index contributed by atoms with van der Waals surface area (Å²) in [5.41, 5.74) is 1.15. The van der Waals surface area contributed by atoms with Crippen LogP contribution in [0.3, 0.4) is 0 Å². The third-order valence-electron chi connectivity index (χ3n) is 4.90. The number of rotatable bonds is 4. The first-order valence-electron chi connectivity index (χ1n) is 8.28. The van der Waals surface area contributed by atoms with E-state index in [4.69, 9.17) is 0 Å². The van der Waals surface area contributed by atoms with Gasteiger partial charge in [-0.25, -0.2) is 21.6 Å². The largest absolute Gasteiger partial charge is 0.390 e. The highest BCUT2D eigenvalue weighted by Crippen LogP contribution is 2.32. The van der Waals surface area contributed by atoms with E-state index in [0.717, 1.165) is 18.4 Å². The molecule has 6 nitrogen and oxygen atoms in total. The summed E-state index contributed by atoms with van der Waals surface area (Å²) < 4.78 is 50.1. The molecule has 0 amide bonds. The first-order valence-corrected chi connectivity index (χ1v) is 11.6. The minimum atomic E-state index is -3.85. The van der Waals surface area contributed by atoms with E-state index in [9.17, 15) is 21.9 Å². The summed E-state index contributed by atoms with van der Waals surface area (Å²) in [5.74, 6) is -0.279. The third-order valence-corrected chi connectivity index (χ3v) is 8.12. The van der Waals surface area contributed by atoms with Crippen molar-refractivity contribution in [3.05, 3.63) is 29.8 Å². The van der Waals surface area contributed by atoms with Gasteiger partial charge < -0.3 is 5.11 Å². The number of benzene rings is 1. The van der Waals surface area contributed by atoms with E-state index in [2.05, 4.69) is 4.72 Å². The summed E-state index contributed by atoms with van der Waals surface area (Å²) in [7, 11) is -7.25. The Hall–Kier alpha value is -0.960. The van der Waals surface area contributed by atoms with Crippen molar-refractivity contribution in [3.63, 3.8) is 0 Å². The van der Waals surface area contributed by atoms with Crippen LogP contribution < -0.4 is 4.72 Å². The van der Waals surface area contributed by atoms with Crippen LogP contribution in [-0.2, 0) is 19.9 Å². The third kappa shape index (κ3) is 3.99. The lowest BCUT2D eigenvalue weighted by Crippen LogP contribution is -2.42. The fourth-order valence-electron chi connectivity index (χ4n) is 3.56. The van der Waals surface area contributed by atoms with Crippen LogP contribution in [0.15, 0.2) is 29.2 Å². The molecular formula is C16H23NO5S2. The second-order valence-electron chi connectivity index (χ2n) is 6.78. The predicted octanol–water partition coefficient (Wildman–Crippen LogP) is 1.17. The Morgan fingerprint density at radius 2 is 1.62 bits per heavy atom. The Labute approximate surface area is 143 Å². The van der Waals surface area contributed by atoms with Crippen molar-refractivity contribution in [2.45, 2.75) is 55.1 Å². The number of aliphatic hydroxyl groups is 1. The van der Waals surface area contributed by atoms with Crippen molar-refractivity contribution in [2.24, 2.45) is 0 Å². The fraction of sp³-hybridized carbons (Fsp3) is 0.625. The van der Waals surface area contributed by atoms with E-state index in [-0.39, 0.29) is 10.6 Å². The van der Waals surface area contributed by atoms with Gasteiger partial charge in [0.15, 0.2) is 9.84 Å². The molecule has 2 aliphatic rings. The first-order chi connectivity index (χ1) is 11.3. The zero-order chi connectivity index (χ0) is 17.4. The molecule has 1 aromatic rings. The average Bonchev–Trinajstić information content (AvgIpc) is 2.79. The van der Waals surface area contributed by atoms with Crippen molar-refractivity contribution >= 4 is 19.9 Å². The van der Waals surface area contributed by atoms with Gasteiger partial charge in [-0.15, -0.1) is 0 Å². The maximum atomic E-state index is 12.4. The molecule has 0 bridgehead atoms. The Bertz CT molecular complexity index is 780. The highest BCUT2D eigenvalue weighted by atomic mass is 32.2. The Morgan fingerprint density at radius 1 is 1.00 bits per heavy atom. The smallest absolute Gasteiger partial charge is 0.240 e. The van der Waals surface area contributed by atoms with Crippen LogP contribution in [0.5, 0.6) is 0 Å². The molecule has 8 heteroatoms. The SMILES string of the molecule is O=S1(=O)C[C@@H](O)[C@H](NS(=O)(=O)c2ccc(C3CCCCC3)cc2)C1. The fourth-order valence-corrected chi connectivity index (χ4v) is 6.68. The molecule has 1 aliphatic carbocycles. The van der Waals surface area contributed by atoms with Crippen LogP contribution in [-0.4, -0.2) is 45.6 Å². The summed E-state index contributed by atoms with van der Waals surface area (Å²) in [6, 6.07) is 5.81. The van der Waals surface area contributed by atoms with E-state index in [1.807, 2.05) is 12.1 Å². The van der Waals surface area contributed by atoms with Crippen LogP contribution in [0.4, 0.5) is 0 Å². The van der Waals surface area contributed by atoms with Gasteiger partial charge in [0.05, 0.1) is 28.5 Å². The van der Waals surface area contributed by atoms with E-state index >= 15 is 0 Å². The lowest BCUT2D eigenvalue weighted by Gasteiger charge is -2.22. The molecular weight excluding hydrogens is 350 g/mol. The quantitative estimate of drug-likeness (QED) is 0.825. The number of hydrogen-bond donors (Lipinski definition) is 2. The highest BCUT2D eigenvalue weighted by molar-refractivity contribution is 7.92. The van der Waals surface area contributed by atoms with Gasteiger partial charge in [-0.05, 0) is 36.5 Å². The standard InChI is InChI=1S/C16H23NO5S2/c18-16-11-23(19,20)10-15(16)17-24(21,22)14-8-6-13(7-9-14)12-4-2-1-3-5-12/h6-9,12,15-18H,1-5,10-11H2/t15-,16-/m1/s1. The monoisotopic (exact) mass is 373 g/mol. The van der Waals surface area contributed by atoms with Gasteiger partial charge in [-0.3, -0.25) is 0 Å². The lowest BCUT2D eigenvalue weighted by molar-refractivity contribution is 0.176. The van der Waals surface area contributed by atoms with Crippen molar-refractivity contribution < 1.29 is 21.9 Å². The number of sulfone groups is 1. The highest BCUT2D eigenvalue weighted by Gasteiger charge is 2.38. The van der Waals surface area contributed by atoms with Gasteiger partial charge in [0.1, 0.15) is 0 Å². The topological polar surface area (TPSA) is 101 Å². The molecule has 0 spiro atoms. The summed E-state index contributed by atoms with van der Waals surface area (Å²) in [6.07, 6.45) is 4.75. The molecule has 1 aromatic carbocycles. The van der Waals surface area contributed by atoms with E-state index < -0.39 is 37.8 Å². The summed E-state index contributed by atoms with van der Waals surface area (Å²) in [4.78, 5) is 0.0959. The van der Waals surface area contributed by atoms with Gasteiger partial charge in [-0.2, -0.15) is 0 Å². The molecule has 0 unspecified atom stereocenters. The first kappa shape index (κ1) is 17.8. The molecule has 1 aliphatic heterocycles. The average molecular weight is 373 g/mol. The van der Waals surface area contributed by atoms with Crippen LogP contribution in [0.1, 0.15) is 43.6 Å². The van der Waals surface area contributed by atoms with Crippen LogP contribution in [0, 0.1) is 0 Å². The Kier molecular flexibility index (Phi) is 5.01. The molecule has 134 valence electrons. The molecule has 1 saturated heterocycles. The van der Waals surface area contributed by atoms with E-state index in [0.29, 0.717) is 5.92 Å². The minimum Gasteiger partial charge on any atom is -0.390 e. The Morgan fingerprint density at radius 3 is 2.17 bits per heavy atom. The van der Waals surface area contributed by atoms with Gasteiger partial charge in [0.25, 0.3) is 0 Å². The van der Waals surface area contributed by atoms with Crippen LogP contribution >= 0.6 is 0 Å². The van der Waals surface area contributed by atoms with Crippen molar-refractivity contribution in [1.29, 1.82) is 0 Å². The van der Waals surface area contributed by atoms with Gasteiger partial charge in [0.2, 0.25) is 10.0 Å². The summed E-state index contributed by atoms with van der Waals surface area (Å²) in [5, 5.41) is 9.74. The van der Waals surface area contributed by atoms with E-state index in [1.54, 1.807) is 12.1 Å². The molecule has 2 fully saturated rings. The Balaban J connectivity index is 1.73. The van der Waals surface area contributed by atoms with Crippen LogP contribution in [0.25, 0.3) is 0 Å².